The van der Waals surface area contributed by atoms with Crippen LogP contribution in [0.1, 0.15) is 27.7 Å². The zero-order chi connectivity index (χ0) is 10.5. The SMILES string of the molecule is CCOC(=O)C(C)NCC(C)(C)O. The van der Waals surface area contributed by atoms with E-state index in [-0.39, 0.29) is 12.0 Å². The smallest absolute Gasteiger partial charge is 0.322 e. The molecule has 0 aliphatic carbocycles. The zero-order valence-electron chi connectivity index (χ0n) is 8.76. The van der Waals surface area contributed by atoms with Gasteiger partial charge in [0.15, 0.2) is 0 Å². The van der Waals surface area contributed by atoms with Crippen molar-refractivity contribution in [1.29, 1.82) is 0 Å². The molecular formula is C9H19NO3. The van der Waals surface area contributed by atoms with Gasteiger partial charge in [-0.25, -0.2) is 0 Å². The van der Waals surface area contributed by atoms with E-state index in [0.29, 0.717) is 13.2 Å². The quantitative estimate of drug-likeness (QED) is 0.611. The average Bonchev–Trinajstić information content (AvgIpc) is 1.99. The van der Waals surface area contributed by atoms with Gasteiger partial charge in [0.2, 0.25) is 0 Å². The zero-order valence-corrected chi connectivity index (χ0v) is 8.76. The van der Waals surface area contributed by atoms with Crippen molar-refractivity contribution >= 4 is 5.97 Å². The molecule has 1 unspecified atom stereocenters. The molecule has 0 amide bonds. The van der Waals surface area contributed by atoms with Crippen molar-refractivity contribution in [2.45, 2.75) is 39.3 Å². The summed E-state index contributed by atoms with van der Waals surface area (Å²) in [4.78, 5) is 11.1. The van der Waals surface area contributed by atoms with E-state index < -0.39 is 5.60 Å². The summed E-state index contributed by atoms with van der Waals surface area (Å²) in [6.45, 7) is 7.58. The summed E-state index contributed by atoms with van der Waals surface area (Å²) in [5, 5.41) is 12.2. The highest BCUT2D eigenvalue weighted by atomic mass is 16.5. The molecule has 0 saturated carbocycles. The summed E-state index contributed by atoms with van der Waals surface area (Å²) in [6.07, 6.45) is 0. The standard InChI is InChI=1S/C9H19NO3/c1-5-13-8(11)7(2)10-6-9(3,4)12/h7,10,12H,5-6H2,1-4H3. The number of rotatable bonds is 5. The Bertz CT molecular complexity index is 163. The molecule has 0 radical (unpaired) electrons. The van der Waals surface area contributed by atoms with E-state index in [1.165, 1.54) is 0 Å². The van der Waals surface area contributed by atoms with Crippen molar-refractivity contribution in [2.24, 2.45) is 0 Å². The summed E-state index contributed by atoms with van der Waals surface area (Å²) < 4.78 is 4.79. The third-order valence-electron chi connectivity index (χ3n) is 1.48. The van der Waals surface area contributed by atoms with E-state index in [4.69, 9.17) is 4.74 Å². The molecule has 0 spiro atoms. The lowest BCUT2D eigenvalue weighted by molar-refractivity contribution is -0.145. The van der Waals surface area contributed by atoms with Crippen molar-refractivity contribution in [3.8, 4) is 0 Å². The molecule has 0 heterocycles. The summed E-state index contributed by atoms with van der Waals surface area (Å²) in [5.41, 5.74) is -0.805. The predicted molar refractivity (Wildman–Crippen MR) is 50.4 cm³/mol. The molecule has 1 atom stereocenters. The first-order valence-electron chi connectivity index (χ1n) is 4.49. The summed E-state index contributed by atoms with van der Waals surface area (Å²) in [6, 6.07) is -0.369. The van der Waals surface area contributed by atoms with Crippen LogP contribution in [-0.4, -0.2) is 35.9 Å². The molecule has 0 bridgehead atoms. The van der Waals surface area contributed by atoms with Gasteiger partial charge in [-0.3, -0.25) is 4.79 Å². The van der Waals surface area contributed by atoms with Gasteiger partial charge in [0.05, 0.1) is 12.2 Å². The molecule has 0 fully saturated rings. The Kier molecular flexibility index (Phi) is 4.95. The van der Waals surface area contributed by atoms with Crippen LogP contribution in [0.5, 0.6) is 0 Å². The van der Waals surface area contributed by atoms with Crippen molar-refractivity contribution in [3.63, 3.8) is 0 Å². The van der Waals surface area contributed by atoms with Crippen molar-refractivity contribution in [2.75, 3.05) is 13.2 Å². The molecule has 4 nitrogen and oxygen atoms in total. The second-order valence-corrected chi connectivity index (χ2v) is 3.67. The van der Waals surface area contributed by atoms with Crippen LogP contribution in [-0.2, 0) is 9.53 Å². The minimum absolute atomic E-state index is 0.285. The van der Waals surface area contributed by atoms with Gasteiger partial charge in [-0.2, -0.15) is 0 Å². The van der Waals surface area contributed by atoms with Gasteiger partial charge < -0.3 is 15.2 Å². The predicted octanol–water partition coefficient (Wildman–Crippen LogP) is 0.299. The van der Waals surface area contributed by atoms with Crippen LogP contribution < -0.4 is 5.32 Å². The van der Waals surface area contributed by atoms with E-state index in [9.17, 15) is 9.90 Å². The highest BCUT2D eigenvalue weighted by Gasteiger charge is 2.18. The number of carbonyl (C=O) groups excluding carboxylic acids is 1. The second-order valence-electron chi connectivity index (χ2n) is 3.67. The van der Waals surface area contributed by atoms with Gasteiger partial charge >= 0.3 is 5.97 Å². The normalized spacial score (nSPS) is 13.9. The highest BCUT2D eigenvalue weighted by molar-refractivity contribution is 5.75. The third kappa shape index (κ3) is 6.54. The maximum absolute atomic E-state index is 11.1. The number of ether oxygens (including phenoxy) is 1. The lowest BCUT2D eigenvalue weighted by Gasteiger charge is -2.20. The molecule has 0 aromatic rings. The molecular weight excluding hydrogens is 170 g/mol. The van der Waals surface area contributed by atoms with Crippen LogP contribution in [0.25, 0.3) is 0 Å². The number of aliphatic hydroxyl groups is 1. The topological polar surface area (TPSA) is 58.6 Å². The Morgan fingerprint density at radius 3 is 2.54 bits per heavy atom. The van der Waals surface area contributed by atoms with E-state index in [1.807, 2.05) is 0 Å². The first-order chi connectivity index (χ1) is 5.87. The summed E-state index contributed by atoms with van der Waals surface area (Å²) in [7, 11) is 0. The molecule has 0 aliphatic heterocycles. The fourth-order valence-electron chi connectivity index (χ4n) is 0.753. The van der Waals surface area contributed by atoms with Gasteiger partial charge in [0, 0.05) is 6.54 Å². The maximum Gasteiger partial charge on any atom is 0.322 e. The fraction of sp³-hybridized carbons (Fsp3) is 0.889. The molecule has 0 aromatic heterocycles. The van der Waals surface area contributed by atoms with Gasteiger partial charge in [-0.1, -0.05) is 0 Å². The number of carbonyl (C=O) groups is 1. The molecule has 0 aromatic carbocycles. The molecule has 4 heteroatoms. The van der Waals surface area contributed by atoms with Crippen molar-refractivity contribution in [1.82, 2.24) is 5.32 Å². The number of nitrogens with one attached hydrogen (secondary N) is 1. The van der Waals surface area contributed by atoms with Crippen LogP contribution in [0.15, 0.2) is 0 Å². The van der Waals surface area contributed by atoms with Gasteiger partial charge in [0.25, 0.3) is 0 Å². The van der Waals surface area contributed by atoms with Crippen LogP contribution in [0.2, 0.25) is 0 Å². The number of esters is 1. The van der Waals surface area contributed by atoms with Crippen LogP contribution in [0.3, 0.4) is 0 Å². The number of hydrogen-bond donors (Lipinski definition) is 2. The Morgan fingerprint density at radius 1 is 1.62 bits per heavy atom. The van der Waals surface area contributed by atoms with Gasteiger partial charge in [-0.05, 0) is 27.7 Å². The minimum Gasteiger partial charge on any atom is -0.465 e. The Balaban J connectivity index is 3.74. The van der Waals surface area contributed by atoms with Gasteiger partial charge in [-0.15, -0.1) is 0 Å². The van der Waals surface area contributed by atoms with E-state index in [1.54, 1.807) is 27.7 Å². The summed E-state index contributed by atoms with van der Waals surface area (Å²) >= 11 is 0. The van der Waals surface area contributed by atoms with Crippen LogP contribution in [0, 0.1) is 0 Å². The number of hydrogen-bond acceptors (Lipinski definition) is 4. The van der Waals surface area contributed by atoms with Crippen molar-refractivity contribution in [3.05, 3.63) is 0 Å². The van der Waals surface area contributed by atoms with Crippen LogP contribution in [0.4, 0.5) is 0 Å². The summed E-state index contributed by atoms with van der Waals surface area (Å²) in [5.74, 6) is -0.285. The van der Waals surface area contributed by atoms with E-state index in [2.05, 4.69) is 5.32 Å². The third-order valence-corrected chi connectivity index (χ3v) is 1.48. The highest BCUT2D eigenvalue weighted by Crippen LogP contribution is 1.98. The molecule has 0 aliphatic rings. The Hall–Kier alpha value is -0.610. The van der Waals surface area contributed by atoms with E-state index in [0.717, 1.165) is 0 Å². The first kappa shape index (κ1) is 12.4. The largest absolute Gasteiger partial charge is 0.465 e. The van der Waals surface area contributed by atoms with E-state index >= 15 is 0 Å². The molecule has 78 valence electrons. The average molecular weight is 189 g/mol. The minimum atomic E-state index is -0.805. The van der Waals surface area contributed by atoms with Crippen LogP contribution >= 0.6 is 0 Å². The Labute approximate surface area is 79.3 Å². The first-order valence-corrected chi connectivity index (χ1v) is 4.49. The molecule has 0 saturated heterocycles. The monoisotopic (exact) mass is 189 g/mol. The van der Waals surface area contributed by atoms with Gasteiger partial charge in [0.1, 0.15) is 6.04 Å². The maximum atomic E-state index is 11.1. The second kappa shape index (κ2) is 5.19. The van der Waals surface area contributed by atoms with Crippen molar-refractivity contribution < 1.29 is 14.6 Å². The molecule has 13 heavy (non-hydrogen) atoms. The molecule has 2 N–H and O–H groups in total. The fourth-order valence-corrected chi connectivity index (χ4v) is 0.753. The Morgan fingerprint density at radius 2 is 2.15 bits per heavy atom. The lowest BCUT2D eigenvalue weighted by Crippen LogP contribution is -2.43. The lowest BCUT2D eigenvalue weighted by atomic mass is 10.1. The molecule has 0 rings (SSSR count).